The molecule has 0 aliphatic heterocycles. The first kappa shape index (κ1) is 15.7. The number of aromatic nitrogens is 1. The molecule has 1 amide bonds. The molecule has 1 fully saturated rings. The van der Waals surface area contributed by atoms with E-state index in [9.17, 15) is 13.2 Å². The monoisotopic (exact) mass is 335 g/mol. The third-order valence-electron chi connectivity index (χ3n) is 3.72. The van der Waals surface area contributed by atoms with Crippen LogP contribution in [0.3, 0.4) is 0 Å². The first-order valence-electron chi connectivity index (χ1n) is 7.21. The highest BCUT2D eigenvalue weighted by molar-refractivity contribution is 7.89. The molecule has 1 aliphatic carbocycles. The fraction of sp³-hybridized carbons (Fsp3) is 0.333. The smallest absolute Gasteiger partial charge is 0.258 e. The summed E-state index contributed by atoms with van der Waals surface area (Å²) in [5, 5.41) is 6.24. The van der Waals surface area contributed by atoms with Crippen molar-refractivity contribution in [2.45, 2.75) is 30.7 Å². The van der Waals surface area contributed by atoms with Gasteiger partial charge in [-0.15, -0.1) is 0 Å². The molecule has 1 heterocycles. The molecule has 0 atom stereocenters. The molecule has 0 radical (unpaired) electrons. The molecule has 0 unspecified atom stereocenters. The number of carbonyl (C=O) groups is 1. The zero-order chi connectivity index (χ0) is 16.6. The van der Waals surface area contributed by atoms with Gasteiger partial charge >= 0.3 is 0 Å². The Bertz CT molecular complexity index is 823. The maximum Gasteiger partial charge on any atom is 0.258 e. The van der Waals surface area contributed by atoms with Crippen molar-refractivity contribution < 1.29 is 17.7 Å². The molecule has 2 aromatic rings. The number of hydrogen-bond donors (Lipinski definition) is 1. The van der Waals surface area contributed by atoms with Gasteiger partial charge in [-0.1, -0.05) is 5.16 Å². The van der Waals surface area contributed by atoms with Gasteiger partial charge in [0, 0.05) is 24.7 Å². The lowest BCUT2D eigenvalue weighted by molar-refractivity contribution is 0.102. The van der Waals surface area contributed by atoms with E-state index in [1.165, 1.54) is 28.6 Å². The van der Waals surface area contributed by atoms with Crippen molar-refractivity contribution in [2.24, 2.45) is 0 Å². The molecular weight excluding hydrogens is 318 g/mol. The van der Waals surface area contributed by atoms with Gasteiger partial charge < -0.3 is 4.52 Å². The first-order valence-corrected chi connectivity index (χ1v) is 8.65. The van der Waals surface area contributed by atoms with Crippen LogP contribution in [0.4, 0.5) is 5.88 Å². The van der Waals surface area contributed by atoms with E-state index in [1.54, 1.807) is 20.0 Å². The van der Waals surface area contributed by atoms with E-state index in [2.05, 4.69) is 10.5 Å². The van der Waals surface area contributed by atoms with Gasteiger partial charge in [-0.2, -0.15) is 4.31 Å². The minimum Gasteiger partial charge on any atom is -0.338 e. The summed E-state index contributed by atoms with van der Waals surface area (Å²) in [6.45, 7) is 1.75. The molecule has 1 N–H and O–H groups in total. The van der Waals surface area contributed by atoms with E-state index in [-0.39, 0.29) is 22.7 Å². The third kappa shape index (κ3) is 3.27. The maximum atomic E-state index is 12.4. The SMILES string of the molecule is Cc1cc(NC(=O)c2ccc(S(=O)(=O)N(C)C3CC3)cc2)on1. The topological polar surface area (TPSA) is 92.5 Å². The molecule has 1 aromatic carbocycles. The van der Waals surface area contributed by atoms with Crippen molar-refractivity contribution >= 4 is 21.8 Å². The summed E-state index contributed by atoms with van der Waals surface area (Å²) in [5.74, 6) is -0.140. The molecule has 122 valence electrons. The largest absolute Gasteiger partial charge is 0.338 e. The molecule has 7 nitrogen and oxygen atoms in total. The molecule has 1 aliphatic rings. The number of anilines is 1. The molecule has 0 spiro atoms. The van der Waals surface area contributed by atoms with E-state index in [0.29, 0.717) is 11.3 Å². The summed E-state index contributed by atoms with van der Waals surface area (Å²) < 4.78 is 31.1. The van der Waals surface area contributed by atoms with Crippen LogP contribution in [0.15, 0.2) is 39.8 Å². The van der Waals surface area contributed by atoms with Crippen LogP contribution in [0.25, 0.3) is 0 Å². The van der Waals surface area contributed by atoms with E-state index in [1.807, 2.05) is 0 Å². The van der Waals surface area contributed by atoms with Crippen LogP contribution < -0.4 is 5.32 Å². The number of hydrogen-bond acceptors (Lipinski definition) is 5. The zero-order valence-electron chi connectivity index (χ0n) is 12.8. The van der Waals surface area contributed by atoms with Crippen LogP contribution in [0.5, 0.6) is 0 Å². The van der Waals surface area contributed by atoms with Gasteiger partial charge in [-0.25, -0.2) is 8.42 Å². The standard InChI is InChI=1S/C15H17N3O4S/c1-10-9-14(22-17-10)16-15(19)11-3-7-13(8-4-11)23(20,21)18(2)12-5-6-12/h3-4,7-9,12H,5-6H2,1-2H3,(H,16,19). The van der Waals surface area contributed by atoms with Crippen molar-refractivity contribution in [3.8, 4) is 0 Å². The number of sulfonamides is 1. The van der Waals surface area contributed by atoms with E-state index >= 15 is 0 Å². The van der Waals surface area contributed by atoms with Gasteiger partial charge in [-0.05, 0) is 44.0 Å². The minimum atomic E-state index is -3.50. The highest BCUT2D eigenvalue weighted by Gasteiger charge is 2.34. The average molecular weight is 335 g/mol. The fourth-order valence-electron chi connectivity index (χ4n) is 2.19. The molecule has 0 saturated heterocycles. The van der Waals surface area contributed by atoms with Crippen LogP contribution in [0.1, 0.15) is 28.9 Å². The van der Waals surface area contributed by atoms with Gasteiger partial charge in [0.25, 0.3) is 5.91 Å². The second kappa shape index (κ2) is 5.78. The quantitative estimate of drug-likeness (QED) is 0.902. The Labute approximate surface area is 134 Å². The zero-order valence-corrected chi connectivity index (χ0v) is 13.6. The lowest BCUT2D eigenvalue weighted by Crippen LogP contribution is -2.28. The summed E-state index contributed by atoms with van der Waals surface area (Å²) >= 11 is 0. The van der Waals surface area contributed by atoms with E-state index < -0.39 is 10.0 Å². The summed E-state index contributed by atoms with van der Waals surface area (Å²) in [6, 6.07) is 7.53. The average Bonchev–Trinajstić information content (AvgIpc) is 3.30. The van der Waals surface area contributed by atoms with Crippen LogP contribution >= 0.6 is 0 Å². The summed E-state index contributed by atoms with van der Waals surface area (Å²) in [4.78, 5) is 12.3. The predicted octanol–water partition coefficient (Wildman–Crippen LogP) is 2.02. The molecule has 3 rings (SSSR count). The van der Waals surface area contributed by atoms with E-state index in [4.69, 9.17) is 4.52 Å². The number of rotatable bonds is 5. The molecule has 8 heteroatoms. The highest BCUT2D eigenvalue weighted by Crippen LogP contribution is 2.30. The van der Waals surface area contributed by atoms with Gasteiger partial charge in [0.05, 0.1) is 10.6 Å². The Hall–Kier alpha value is -2.19. The number of nitrogens with one attached hydrogen (secondary N) is 1. The second-order valence-electron chi connectivity index (χ2n) is 5.56. The Morgan fingerprint density at radius 2 is 1.96 bits per heavy atom. The maximum absolute atomic E-state index is 12.4. The molecule has 23 heavy (non-hydrogen) atoms. The highest BCUT2D eigenvalue weighted by atomic mass is 32.2. The Morgan fingerprint density at radius 1 is 1.30 bits per heavy atom. The van der Waals surface area contributed by atoms with E-state index in [0.717, 1.165) is 12.8 Å². The van der Waals surface area contributed by atoms with Crippen molar-refractivity contribution in [1.29, 1.82) is 0 Å². The van der Waals surface area contributed by atoms with Crippen molar-refractivity contribution in [3.05, 3.63) is 41.6 Å². The fourth-order valence-corrected chi connectivity index (χ4v) is 3.60. The van der Waals surface area contributed by atoms with Crippen LogP contribution in [-0.2, 0) is 10.0 Å². The first-order chi connectivity index (χ1) is 10.9. The lowest BCUT2D eigenvalue weighted by Gasteiger charge is -2.16. The molecule has 1 aromatic heterocycles. The number of amides is 1. The third-order valence-corrected chi connectivity index (χ3v) is 5.64. The molecular formula is C15H17N3O4S. The number of benzene rings is 1. The van der Waals surface area contributed by atoms with Crippen molar-refractivity contribution in [1.82, 2.24) is 9.46 Å². The molecule has 1 saturated carbocycles. The van der Waals surface area contributed by atoms with Crippen molar-refractivity contribution in [3.63, 3.8) is 0 Å². The summed E-state index contributed by atoms with van der Waals surface area (Å²) in [7, 11) is -1.92. The van der Waals surface area contributed by atoms with Crippen molar-refractivity contribution in [2.75, 3.05) is 12.4 Å². The normalized spacial score (nSPS) is 14.9. The second-order valence-corrected chi connectivity index (χ2v) is 7.56. The van der Waals surface area contributed by atoms with Crippen LogP contribution in [0, 0.1) is 6.92 Å². The van der Waals surface area contributed by atoms with Gasteiger partial charge in [0.2, 0.25) is 15.9 Å². The van der Waals surface area contributed by atoms with Gasteiger partial charge in [0.15, 0.2) is 0 Å². The molecule has 0 bridgehead atoms. The minimum absolute atomic E-state index is 0.0951. The van der Waals surface area contributed by atoms with Crippen LogP contribution in [0.2, 0.25) is 0 Å². The predicted molar refractivity (Wildman–Crippen MR) is 83.6 cm³/mol. The van der Waals surface area contributed by atoms with Gasteiger partial charge in [-0.3, -0.25) is 10.1 Å². The Balaban J connectivity index is 1.75. The van der Waals surface area contributed by atoms with Crippen LogP contribution in [-0.4, -0.2) is 36.9 Å². The Morgan fingerprint density at radius 3 is 2.48 bits per heavy atom. The number of aryl methyl sites for hydroxylation is 1. The number of carbonyl (C=O) groups excluding carboxylic acids is 1. The summed E-state index contributed by atoms with van der Waals surface area (Å²) in [6.07, 6.45) is 1.79. The van der Waals surface area contributed by atoms with Gasteiger partial charge in [0.1, 0.15) is 0 Å². The summed E-state index contributed by atoms with van der Waals surface area (Å²) in [5.41, 5.74) is 0.997. The Kier molecular flexibility index (Phi) is 3.95. The lowest BCUT2D eigenvalue weighted by atomic mass is 10.2. The number of nitrogens with zero attached hydrogens (tertiary/aromatic N) is 2.